The molecular weight excluding hydrogens is 460 g/mol. The standard InChI is InChI=1S/C24H32N2O5S2/c1-17-12-16-32-21(17)22(27)26-14-10-20(11-15-26)33(29,30)19-7-5-18(6-8-19)9-13-25-23(28)31-24(2,3)4/h5-8,12,16,20H,9-11,13-15H2,1-4H3,(H,25,28). The number of nitrogens with one attached hydrogen (secondary N) is 1. The molecule has 0 spiro atoms. The quantitative estimate of drug-likeness (QED) is 0.652. The van der Waals surface area contributed by atoms with E-state index in [4.69, 9.17) is 4.74 Å². The van der Waals surface area contributed by atoms with Gasteiger partial charge < -0.3 is 15.0 Å². The summed E-state index contributed by atoms with van der Waals surface area (Å²) >= 11 is 1.43. The third kappa shape index (κ3) is 6.57. The van der Waals surface area contributed by atoms with Gasteiger partial charge in [-0.1, -0.05) is 12.1 Å². The molecule has 1 aliphatic heterocycles. The van der Waals surface area contributed by atoms with Crippen LogP contribution in [0.4, 0.5) is 4.79 Å². The number of carbonyl (C=O) groups is 2. The zero-order valence-corrected chi connectivity index (χ0v) is 21.2. The maximum absolute atomic E-state index is 13.1. The highest BCUT2D eigenvalue weighted by Crippen LogP contribution is 2.27. The van der Waals surface area contributed by atoms with Crippen LogP contribution in [0, 0.1) is 6.92 Å². The first-order valence-electron chi connectivity index (χ1n) is 11.1. The van der Waals surface area contributed by atoms with Crippen LogP contribution in [0.1, 0.15) is 54.4 Å². The first-order chi connectivity index (χ1) is 15.5. The van der Waals surface area contributed by atoms with Crippen molar-refractivity contribution in [3.05, 3.63) is 51.7 Å². The highest BCUT2D eigenvalue weighted by atomic mass is 32.2. The van der Waals surface area contributed by atoms with Crippen LogP contribution in [0.3, 0.4) is 0 Å². The fraction of sp³-hybridized carbons (Fsp3) is 0.500. The first kappa shape index (κ1) is 25.2. The average molecular weight is 493 g/mol. The molecule has 7 nitrogen and oxygen atoms in total. The highest BCUT2D eigenvalue weighted by Gasteiger charge is 2.33. The molecule has 2 amide bonds. The molecule has 180 valence electrons. The number of carbonyl (C=O) groups excluding carboxylic acids is 2. The number of sulfone groups is 1. The number of amides is 2. The van der Waals surface area contributed by atoms with Gasteiger partial charge in [0.05, 0.1) is 15.0 Å². The Labute approximate surface area is 200 Å². The molecule has 0 bridgehead atoms. The number of hydrogen-bond acceptors (Lipinski definition) is 6. The van der Waals surface area contributed by atoms with Crippen molar-refractivity contribution >= 4 is 33.2 Å². The summed E-state index contributed by atoms with van der Waals surface area (Å²) in [5, 5.41) is 4.11. The van der Waals surface area contributed by atoms with E-state index in [-0.39, 0.29) is 5.91 Å². The number of benzene rings is 1. The summed E-state index contributed by atoms with van der Waals surface area (Å²) in [5.41, 5.74) is 1.34. The van der Waals surface area contributed by atoms with Gasteiger partial charge in [0.25, 0.3) is 5.91 Å². The molecule has 2 heterocycles. The molecule has 0 unspecified atom stereocenters. The van der Waals surface area contributed by atoms with E-state index in [2.05, 4.69) is 5.32 Å². The van der Waals surface area contributed by atoms with E-state index < -0.39 is 26.8 Å². The van der Waals surface area contributed by atoms with Crippen molar-refractivity contribution in [2.24, 2.45) is 0 Å². The molecule has 1 aromatic carbocycles. The van der Waals surface area contributed by atoms with Gasteiger partial charge >= 0.3 is 6.09 Å². The Balaban J connectivity index is 1.53. The van der Waals surface area contributed by atoms with Gasteiger partial charge in [0, 0.05) is 19.6 Å². The summed E-state index contributed by atoms with van der Waals surface area (Å²) in [6.07, 6.45) is 0.961. The number of rotatable bonds is 6. The predicted molar refractivity (Wildman–Crippen MR) is 130 cm³/mol. The van der Waals surface area contributed by atoms with E-state index in [0.717, 1.165) is 16.0 Å². The third-order valence-electron chi connectivity index (χ3n) is 5.56. The number of piperidine rings is 1. The zero-order valence-electron chi connectivity index (χ0n) is 19.6. The van der Waals surface area contributed by atoms with E-state index in [1.165, 1.54) is 11.3 Å². The van der Waals surface area contributed by atoms with E-state index in [1.807, 2.05) is 18.4 Å². The van der Waals surface area contributed by atoms with Crippen LogP contribution in [0.25, 0.3) is 0 Å². The predicted octanol–water partition coefficient (Wildman–Crippen LogP) is 4.20. The number of thiophene rings is 1. The number of hydrogen-bond donors (Lipinski definition) is 1. The molecule has 33 heavy (non-hydrogen) atoms. The Kier molecular flexibility index (Phi) is 7.84. The lowest BCUT2D eigenvalue weighted by atomic mass is 10.1. The molecule has 1 aromatic heterocycles. The Bertz CT molecular complexity index is 1080. The molecule has 0 radical (unpaired) electrons. The van der Waals surface area contributed by atoms with Crippen molar-refractivity contribution in [2.75, 3.05) is 19.6 Å². The molecule has 2 aromatic rings. The van der Waals surface area contributed by atoms with Crippen LogP contribution < -0.4 is 5.32 Å². The molecule has 0 saturated carbocycles. The average Bonchev–Trinajstić information content (AvgIpc) is 3.18. The molecule has 1 aliphatic rings. The van der Waals surface area contributed by atoms with Crippen LogP contribution in [0.15, 0.2) is 40.6 Å². The van der Waals surface area contributed by atoms with Crippen molar-refractivity contribution < 1.29 is 22.7 Å². The summed E-state index contributed by atoms with van der Waals surface area (Å²) in [6, 6.07) is 8.74. The second-order valence-electron chi connectivity index (χ2n) is 9.29. The molecule has 1 saturated heterocycles. The van der Waals surface area contributed by atoms with Crippen molar-refractivity contribution in [1.29, 1.82) is 0 Å². The Hall–Kier alpha value is -2.39. The fourth-order valence-electron chi connectivity index (χ4n) is 3.77. The number of likely N-dealkylation sites (tertiary alicyclic amines) is 1. The second kappa shape index (κ2) is 10.3. The van der Waals surface area contributed by atoms with Crippen LogP contribution >= 0.6 is 11.3 Å². The van der Waals surface area contributed by atoms with Crippen LogP contribution in [0.2, 0.25) is 0 Å². The minimum absolute atomic E-state index is 0.0114. The first-order valence-corrected chi connectivity index (χ1v) is 13.5. The normalized spacial score (nSPS) is 15.3. The second-order valence-corrected chi connectivity index (χ2v) is 12.4. The molecule has 1 N–H and O–H groups in total. The Morgan fingerprint density at radius 2 is 1.76 bits per heavy atom. The Morgan fingerprint density at radius 1 is 1.12 bits per heavy atom. The van der Waals surface area contributed by atoms with Crippen LogP contribution in [-0.2, 0) is 21.0 Å². The molecule has 3 rings (SSSR count). The number of alkyl carbamates (subject to hydrolysis) is 1. The summed E-state index contributed by atoms with van der Waals surface area (Å²) in [6.45, 7) is 8.60. The molecule has 0 aliphatic carbocycles. The largest absolute Gasteiger partial charge is 0.444 e. The van der Waals surface area contributed by atoms with Gasteiger partial charge in [0.2, 0.25) is 0 Å². The minimum atomic E-state index is -3.47. The maximum Gasteiger partial charge on any atom is 0.407 e. The Morgan fingerprint density at radius 3 is 2.30 bits per heavy atom. The molecule has 0 atom stereocenters. The van der Waals surface area contributed by atoms with Gasteiger partial charge in [-0.2, -0.15) is 0 Å². The monoisotopic (exact) mass is 492 g/mol. The van der Waals surface area contributed by atoms with Crippen molar-refractivity contribution in [3.8, 4) is 0 Å². The van der Waals surface area contributed by atoms with Crippen LogP contribution in [0.5, 0.6) is 0 Å². The third-order valence-corrected chi connectivity index (χ3v) is 8.84. The maximum atomic E-state index is 13.1. The fourth-order valence-corrected chi connectivity index (χ4v) is 6.39. The SMILES string of the molecule is Cc1ccsc1C(=O)N1CCC(S(=O)(=O)c2ccc(CCNC(=O)OC(C)(C)C)cc2)CC1. The minimum Gasteiger partial charge on any atom is -0.444 e. The lowest BCUT2D eigenvalue weighted by molar-refractivity contribution is 0.0528. The highest BCUT2D eigenvalue weighted by molar-refractivity contribution is 7.92. The van der Waals surface area contributed by atoms with Gasteiger partial charge in [-0.25, -0.2) is 13.2 Å². The van der Waals surface area contributed by atoms with E-state index in [0.29, 0.717) is 43.8 Å². The van der Waals surface area contributed by atoms with E-state index in [1.54, 1.807) is 49.9 Å². The molecular formula is C24H32N2O5S2. The summed E-state index contributed by atoms with van der Waals surface area (Å²) < 4.78 is 31.4. The smallest absolute Gasteiger partial charge is 0.407 e. The van der Waals surface area contributed by atoms with Gasteiger partial charge in [-0.3, -0.25) is 4.79 Å². The number of ether oxygens (including phenoxy) is 1. The topological polar surface area (TPSA) is 92.8 Å². The number of nitrogens with zero attached hydrogens (tertiary/aromatic N) is 1. The van der Waals surface area contributed by atoms with Gasteiger partial charge in [0.15, 0.2) is 9.84 Å². The van der Waals surface area contributed by atoms with Gasteiger partial charge in [-0.15, -0.1) is 11.3 Å². The lowest BCUT2D eigenvalue weighted by Crippen LogP contribution is -2.42. The van der Waals surface area contributed by atoms with Crippen molar-refractivity contribution in [1.82, 2.24) is 10.2 Å². The summed E-state index contributed by atoms with van der Waals surface area (Å²) in [4.78, 5) is 27.2. The van der Waals surface area contributed by atoms with Crippen LogP contribution in [-0.4, -0.2) is 55.8 Å². The molecule has 1 fully saturated rings. The van der Waals surface area contributed by atoms with Crippen molar-refractivity contribution in [3.63, 3.8) is 0 Å². The van der Waals surface area contributed by atoms with Gasteiger partial charge in [0.1, 0.15) is 5.60 Å². The summed E-state index contributed by atoms with van der Waals surface area (Å²) in [5.74, 6) is -0.0114. The number of aryl methyl sites for hydroxylation is 1. The van der Waals surface area contributed by atoms with E-state index in [9.17, 15) is 18.0 Å². The van der Waals surface area contributed by atoms with Crippen molar-refractivity contribution in [2.45, 2.75) is 62.7 Å². The summed E-state index contributed by atoms with van der Waals surface area (Å²) in [7, 11) is -3.47. The zero-order chi connectivity index (χ0) is 24.2. The molecule has 9 heteroatoms. The van der Waals surface area contributed by atoms with E-state index >= 15 is 0 Å². The lowest BCUT2D eigenvalue weighted by Gasteiger charge is -2.31. The van der Waals surface area contributed by atoms with Gasteiger partial charge in [-0.05, 0) is 81.7 Å².